The van der Waals surface area contributed by atoms with Crippen molar-refractivity contribution in [1.29, 1.82) is 0 Å². The van der Waals surface area contributed by atoms with Crippen molar-refractivity contribution in [2.45, 2.75) is 52.1 Å². The largest absolute Gasteiger partial charge is 0.314 e. The maximum Gasteiger partial charge on any atom is 0.0223 e. The van der Waals surface area contributed by atoms with Crippen molar-refractivity contribution in [3.63, 3.8) is 0 Å². The summed E-state index contributed by atoms with van der Waals surface area (Å²) in [6, 6.07) is 1.47. The van der Waals surface area contributed by atoms with E-state index in [4.69, 9.17) is 0 Å². The topological polar surface area (TPSA) is 18.5 Å². The van der Waals surface area contributed by atoms with E-state index in [2.05, 4.69) is 35.9 Å². The standard InChI is InChI=1S/C15H31N3/c1-13(2)16-10-14(3)11-17-7-5-9-18-8-4-6-15(18)12-17/h13-16H,4-12H2,1-3H3. The van der Waals surface area contributed by atoms with E-state index in [-0.39, 0.29) is 0 Å². The Labute approximate surface area is 113 Å². The molecule has 2 rings (SSSR count). The molecule has 2 atom stereocenters. The lowest BCUT2D eigenvalue weighted by atomic mass is 10.1. The van der Waals surface area contributed by atoms with Crippen molar-refractivity contribution in [2.75, 3.05) is 39.3 Å². The van der Waals surface area contributed by atoms with Gasteiger partial charge in [0.05, 0.1) is 0 Å². The molecule has 0 aliphatic carbocycles. The van der Waals surface area contributed by atoms with Gasteiger partial charge in [-0.3, -0.25) is 4.90 Å². The number of fused-ring (bicyclic) bond motifs is 1. The van der Waals surface area contributed by atoms with Crippen molar-refractivity contribution >= 4 is 0 Å². The SMILES string of the molecule is CC(CNC(C)C)CN1CCCN2CCCC2C1. The maximum absolute atomic E-state index is 3.56. The summed E-state index contributed by atoms with van der Waals surface area (Å²) in [5.41, 5.74) is 0. The quantitative estimate of drug-likeness (QED) is 0.806. The molecule has 0 aromatic carbocycles. The lowest BCUT2D eigenvalue weighted by Crippen LogP contribution is -2.40. The summed E-state index contributed by atoms with van der Waals surface area (Å²) in [6.07, 6.45) is 4.21. The first-order valence-corrected chi connectivity index (χ1v) is 7.85. The number of rotatable bonds is 5. The molecule has 0 amide bonds. The molecule has 2 fully saturated rings. The van der Waals surface area contributed by atoms with Gasteiger partial charge in [-0.05, 0) is 51.4 Å². The highest BCUT2D eigenvalue weighted by Gasteiger charge is 2.28. The maximum atomic E-state index is 3.56. The Balaban J connectivity index is 1.74. The molecule has 18 heavy (non-hydrogen) atoms. The molecule has 2 aliphatic heterocycles. The molecule has 106 valence electrons. The van der Waals surface area contributed by atoms with Crippen LogP contribution in [0.1, 0.15) is 40.0 Å². The zero-order valence-electron chi connectivity index (χ0n) is 12.5. The monoisotopic (exact) mass is 253 g/mol. The first-order chi connectivity index (χ1) is 8.65. The fourth-order valence-corrected chi connectivity index (χ4v) is 3.39. The van der Waals surface area contributed by atoms with Crippen LogP contribution in [0.4, 0.5) is 0 Å². The predicted octanol–water partition coefficient (Wildman–Crippen LogP) is 1.79. The molecule has 0 aromatic rings. The second kappa shape index (κ2) is 6.88. The summed E-state index contributed by atoms with van der Waals surface area (Å²) in [5.74, 6) is 0.764. The van der Waals surface area contributed by atoms with Gasteiger partial charge in [0.25, 0.3) is 0 Å². The second-order valence-corrected chi connectivity index (χ2v) is 6.61. The van der Waals surface area contributed by atoms with E-state index in [1.165, 1.54) is 52.0 Å². The minimum atomic E-state index is 0.613. The van der Waals surface area contributed by atoms with Crippen LogP contribution in [0.25, 0.3) is 0 Å². The molecule has 0 spiro atoms. The Morgan fingerprint density at radius 2 is 1.89 bits per heavy atom. The molecule has 1 N–H and O–H groups in total. The van der Waals surface area contributed by atoms with Crippen LogP contribution in [0.5, 0.6) is 0 Å². The van der Waals surface area contributed by atoms with Crippen LogP contribution >= 0.6 is 0 Å². The van der Waals surface area contributed by atoms with Crippen molar-refractivity contribution in [1.82, 2.24) is 15.1 Å². The van der Waals surface area contributed by atoms with E-state index < -0.39 is 0 Å². The van der Waals surface area contributed by atoms with Gasteiger partial charge in [0, 0.05) is 25.2 Å². The van der Waals surface area contributed by atoms with Gasteiger partial charge in [-0.15, -0.1) is 0 Å². The summed E-state index contributed by atoms with van der Waals surface area (Å²) in [7, 11) is 0. The van der Waals surface area contributed by atoms with Crippen LogP contribution < -0.4 is 5.32 Å². The highest BCUT2D eigenvalue weighted by Crippen LogP contribution is 2.21. The summed E-state index contributed by atoms with van der Waals surface area (Å²) in [6.45, 7) is 14.6. The van der Waals surface area contributed by atoms with Crippen molar-refractivity contribution in [3.8, 4) is 0 Å². The van der Waals surface area contributed by atoms with Crippen LogP contribution in [0, 0.1) is 5.92 Å². The molecule has 0 radical (unpaired) electrons. The summed E-state index contributed by atoms with van der Waals surface area (Å²) < 4.78 is 0. The van der Waals surface area contributed by atoms with Gasteiger partial charge >= 0.3 is 0 Å². The Bertz CT molecular complexity index is 242. The van der Waals surface area contributed by atoms with Gasteiger partial charge in [0.15, 0.2) is 0 Å². The van der Waals surface area contributed by atoms with Gasteiger partial charge < -0.3 is 10.2 Å². The predicted molar refractivity (Wildman–Crippen MR) is 78.0 cm³/mol. The van der Waals surface area contributed by atoms with Gasteiger partial charge in [-0.25, -0.2) is 0 Å². The van der Waals surface area contributed by atoms with E-state index in [0.29, 0.717) is 6.04 Å². The summed E-state index contributed by atoms with van der Waals surface area (Å²) >= 11 is 0. The zero-order valence-corrected chi connectivity index (χ0v) is 12.5. The molecular weight excluding hydrogens is 222 g/mol. The normalized spacial score (nSPS) is 28.3. The third-order valence-electron chi connectivity index (χ3n) is 4.33. The molecular formula is C15H31N3. The minimum Gasteiger partial charge on any atom is -0.314 e. The number of nitrogens with one attached hydrogen (secondary N) is 1. The van der Waals surface area contributed by atoms with Crippen molar-refractivity contribution in [3.05, 3.63) is 0 Å². The Morgan fingerprint density at radius 3 is 2.67 bits per heavy atom. The lowest BCUT2D eigenvalue weighted by Gasteiger charge is -2.28. The van der Waals surface area contributed by atoms with E-state index >= 15 is 0 Å². The van der Waals surface area contributed by atoms with Crippen LogP contribution in [0.2, 0.25) is 0 Å². The Morgan fingerprint density at radius 1 is 1.11 bits per heavy atom. The van der Waals surface area contributed by atoms with E-state index in [9.17, 15) is 0 Å². The number of hydrogen-bond donors (Lipinski definition) is 1. The molecule has 2 heterocycles. The van der Waals surface area contributed by atoms with Gasteiger partial charge in [-0.1, -0.05) is 20.8 Å². The third-order valence-corrected chi connectivity index (χ3v) is 4.33. The average Bonchev–Trinajstić information content (AvgIpc) is 2.66. The van der Waals surface area contributed by atoms with Gasteiger partial charge in [0.2, 0.25) is 0 Å². The average molecular weight is 253 g/mol. The molecule has 2 saturated heterocycles. The van der Waals surface area contributed by atoms with Crippen LogP contribution in [0.3, 0.4) is 0 Å². The highest BCUT2D eigenvalue weighted by atomic mass is 15.3. The van der Waals surface area contributed by atoms with Crippen molar-refractivity contribution < 1.29 is 0 Å². The number of nitrogens with zero attached hydrogens (tertiary/aromatic N) is 2. The highest BCUT2D eigenvalue weighted by molar-refractivity contribution is 4.85. The molecule has 0 saturated carbocycles. The van der Waals surface area contributed by atoms with Crippen molar-refractivity contribution in [2.24, 2.45) is 5.92 Å². The molecule has 0 aromatic heterocycles. The lowest BCUT2D eigenvalue weighted by molar-refractivity contribution is 0.200. The first-order valence-electron chi connectivity index (χ1n) is 7.85. The van der Waals surface area contributed by atoms with Crippen LogP contribution in [-0.4, -0.2) is 61.2 Å². The number of hydrogen-bond acceptors (Lipinski definition) is 3. The fourth-order valence-electron chi connectivity index (χ4n) is 3.39. The van der Waals surface area contributed by atoms with E-state index in [1.807, 2.05) is 0 Å². The van der Waals surface area contributed by atoms with E-state index in [1.54, 1.807) is 0 Å². The second-order valence-electron chi connectivity index (χ2n) is 6.61. The minimum absolute atomic E-state index is 0.613. The molecule has 2 unspecified atom stereocenters. The molecule has 0 bridgehead atoms. The molecule has 3 nitrogen and oxygen atoms in total. The van der Waals surface area contributed by atoms with E-state index in [0.717, 1.165) is 18.5 Å². The molecule has 3 heteroatoms. The Hall–Kier alpha value is -0.120. The van der Waals surface area contributed by atoms with Crippen LogP contribution in [-0.2, 0) is 0 Å². The summed E-state index contributed by atoms with van der Waals surface area (Å²) in [5, 5.41) is 3.56. The Kier molecular flexibility index (Phi) is 5.46. The molecule has 2 aliphatic rings. The fraction of sp³-hybridized carbons (Fsp3) is 1.00. The van der Waals surface area contributed by atoms with Crippen LogP contribution in [0.15, 0.2) is 0 Å². The first kappa shape index (κ1) is 14.3. The van der Waals surface area contributed by atoms with Gasteiger partial charge in [-0.2, -0.15) is 0 Å². The smallest absolute Gasteiger partial charge is 0.0223 e. The third kappa shape index (κ3) is 4.22. The zero-order chi connectivity index (χ0) is 13.0. The van der Waals surface area contributed by atoms with Gasteiger partial charge in [0.1, 0.15) is 0 Å². The summed E-state index contributed by atoms with van der Waals surface area (Å²) in [4.78, 5) is 5.43.